The summed E-state index contributed by atoms with van der Waals surface area (Å²) in [5.41, 5.74) is 0.291. The zero-order valence-electron chi connectivity index (χ0n) is 7.74. The first-order valence-corrected chi connectivity index (χ1v) is 4.25. The molecule has 80 valence electrons. The number of hydrogen-bond donors (Lipinski definition) is 0. The van der Waals surface area contributed by atoms with E-state index in [4.69, 9.17) is 0 Å². The van der Waals surface area contributed by atoms with E-state index >= 15 is 0 Å². The molecule has 4 nitrogen and oxygen atoms in total. The van der Waals surface area contributed by atoms with Crippen LogP contribution in [0.4, 0.5) is 8.78 Å². The fourth-order valence-electron chi connectivity index (χ4n) is 1.38. The molecule has 0 spiro atoms. The number of halogens is 2. The van der Waals surface area contributed by atoms with E-state index in [1.165, 1.54) is 25.1 Å². The normalized spacial score (nSPS) is 18.6. The van der Waals surface area contributed by atoms with Crippen molar-refractivity contribution >= 4 is 0 Å². The molecule has 0 saturated carbocycles. The van der Waals surface area contributed by atoms with E-state index in [-0.39, 0.29) is 11.5 Å². The highest BCUT2D eigenvalue weighted by molar-refractivity contribution is 5.50. The molecule has 0 saturated heterocycles. The topological polar surface area (TPSA) is 47.9 Å². The molecule has 1 aliphatic rings. The van der Waals surface area contributed by atoms with Gasteiger partial charge in [-0.2, -0.15) is 4.91 Å². The summed E-state index contributed by atoms with van der Waals surface area (Å²) in [7, 11) is 0. The molecular weight excluding hydrogens is 208 g/mol. The molecule has 0 bridgehead atoms. The van der Waals surface area contributed by atoms with Gasteiger partial charge in [0.25, 0.3) is 0 Å². The molecule has 1 heterocycles. The Hall–Kier alpha value is -1.72. The van der Waals surface area contributed by atoms with Crippen LogP contribution in [0.15, 0.2) is 23.4 Å². The van der Waals surface area contributed by atoms with Crippen LogP contribution >= 0.6 is 0 Å². The standard InChI is InChI=1S/C9H7F2NO3/c1-5(12-13)6-3-2-4-7-8(6)15-9(10,11)14-7/h2-5H,1H3. The minimum absolute atomic E-state index is 0.0759. The third-order valence-corrected chi connectivity index (χ3v) is 2.07. The van der Waals surface area contributed by atoms with Gasteiger partial charge in [-0.3, -0.25) is 0 Å². The average molecular weight is 215 g/mol. The fourth-order valence-corrected chi connectivity index (χ4v) is 1.38. The number of benzene rings is 1. The first-order valence-electron chi connectivity index (χ1n) is 4.25. The second-order valence-corrected chi connectivity index (χ2v) is 3.12. The van der Waals surface area contributed by atoms with Gasteiger partial charge in [0.1, 0.15) is 6.04 Å². The third-order valence-electron chi connectivity index (χ3n) is 2.07. The van der Waals surface area contributed by atoms with Crippen LogP contribution in [0.3, 0.4) is 0 Å². The Kier molecular flexibility index (Phi) is 2.06. The summed E-state index contributed by atoms with van der Waals surface area (Å²) >= 11 is 0. The van der Waals surface area contributed by atoms with Gasteiger partial charge >= 0.3 is 6.29 Å². The van der Waals surface area contributed by atoms with Crippen LogP contribution in [0.25, 0.3) is 0 Å². The van der Waals surface area contributed by atoms with Crippen LogP contribution in [0.2, 0.25) is 0 Å². The number of hydrogen-bond acceptors (Lipinski definition) is 4. The summed E-state index contributed by atoms with van der Waals surface area (Å²) in [4.78, 5) is 10.3. The van der Waals surface area contributed by atoms with Gasteiger partial charge in [0.05, 0.1) is 0 Å². The zero-order valence-corrected chi connectivity index (χ0v) is 7.74. The Morgan fingerprint density at radius 1 is 1.40 bits per heavy atom. The third kappa shape index (κ3) is 1.62. The van der Waals surface area contributed by atoms with Crippen LogP contribution in [-0.4, -0.2) is 6.29 Å². The zero-order chi connectivity index (χ0) is 11.1. The Bertz CT molecular complexity index is 408. The first kappa shape index (κ1) is 9.82. The molecule has 1 unspecified atom stereocenters. The van der Waals surface area contributed by atoms with Gasteiger partial charge < -0.3 is 9.47 Å². The number of para-hydroxylation sites is 1. The lowest BCUT2D eigenvalue weighted by atomic mass is 10.1. The van der Waals surface area contributed by atoms with Crippen LogP contribution in [0.1, 0.15) is 18.5 Å². The number of fused-ring (bicyclic) bond motifs is 1. The molecular formula is C9H7F2NO3. The number of ether oxygens (including phenoxy) is 2. The van der Waals surface area contributed by atoms with Crippen LogP contribution in [-0.2, 0) is 0 Å². The predicted octanol–water partition coefficient (Wildman–Crippen LogP) is 2.84. The van der Waals surface area contributed by atoms with E-state index in [1.807, 2.05) is 0 Å². The number of rotatable bonds is 2. The van der Waals surface area contributed by atoms with E-state index in [0.717, 1.165) is 0 Å². The van der Waals surface area contributed by atoms with E-state index in [1.54, 1.807) is 0 Å². The van der Waals surface area contributed by atoms with Crippen molar-refractivity contribution in [2.45, 2.75) is 19.3 Å². The Labute approximate surface area is 83.8 Å². The van der Waals surface area contributed by atoms with Gasteiger partial charge in [0, 0.05) is 5.56 Å². The molecule has 0 amide bonds. The van der Waals surface area contributed by atoms with Crippen LogP contribution < -0.4 is 9.47 Å². The molecule has 0 aliphatic carbocycles. The number of alkyl halides is 2. The molecule has 0 fully saturated rings. The van der Waals surface area contributed by atoms with Crippen molar-refractivity contribution in [3.63, 3.8) is 0 Å². The minimum Gasteiger partial charge on any atom is -0.395 e. The van der Waals surface area contributed by atoms with Gasteiger partial charge in [-0.05, 0) is 13.0 Å². The summed E-state index contributed by atoms with van der Waals surface area (Å²) in [5.74, 6) is -0.192. The molecule has 1 aromatic rings. The fraction of sp³-hybridized carbons (Fsp3) is 0.333. The van der Waals surface area contributed by atoms with Gasteiger partial charge in [0.2, 0.25) is 0 Å². The van der Waals surface area contributed by atoms with E-state index < -0.39 is 12.3 Å². The van der Waals surface area contributed by atoms with Gasteiger partial charge in [-0.1, -0.05) is 17.3 Å². The van der Waals surface area contributed by atoms with Crippen molar-refractivity contribution in [2.24, 2.45) is 5.18 Å². The molecule has 0 N–H and O–H groups in total. The lowest BCUT2D eigenvalue weighted by Crippen LogP contribution is -2.26. The maximum absolute atomic E-state index is 12.7. The van der Waals surface area contributed by atoms with Crippen LogP contribution in [0.5, 0.6) is 11.5 Å². The van der Waals surface area contributed by atoms with Crippen molar-refractivity contribution in [3.05, 3.63) is 28.7 Å². The summed E-state index contributed by atoms with van der Waals surface area (Å²) < 4.78 is 34.0. The molecule has 2 rings (SSSR count). The summed E-state index contributed by atoms with van der Waals surface area (Å²) in [5, 5.41) is 2.75. The summed E-state index contributed by atoms with van der Waals surface area (Å²) in [6.07, 6.45) is -3.67. The summed E-state index contributed by atoms with van der Waals surface area (Å²) in [6, 6.07) is 3.59. The highest BCUT2D eigenvalue weighted by Gasteiger charge is 2.44. The average Bonchev–Trinajstić information content (AvgIpc) is 2.49. The van der Waals surface area contributed by atoms with Crippen molar-refractivity contribution in [1.29, 1.82) is 0 Å². The largest absolute Gasteiger partial charge is 0.586 e. The molecule has 6 heteroatoms. The van der Waals surface area contributed by atoms with Gasteiger partial charge in [-0.15, -0.1) is 8.78 Å². The second-order valence-electron chi connectivity index (χ2n) is 3.12. The van der Waals surface area contributed by atoms with Crippen molar-refractivity contribution in [1.82, 2.24) is 0 Å². The molecule has 0 radical (unpaired) electrons. The lowest BCUT2D eigenvalue weighted by molar-refractivity contribution is -0.287. The maximum atomic E-state index is 12.7. The smallest absolute Gasteiger partial charge is 0.395 e. The van der Waals surface area contributed by atoms with Crippen molar-refractivity contribution < 1.29 is 18.3 Å². The highest BCUT2D eigenvalue weighted by Crippen LogP contribution is 2.45. The van der Waals surface area contributed by atoms with Gasteiger partial charge in [-0.25, -0.2) is 0 Å². The first-order chi connectivity index (χ1) is 7.03. The predicted molar refractivity (Wildman–Crippen MR) is 46.9 cm³/mol. The minimum atomic E-state index is -3.67. The number of nitroso groups, excluding NO2 is 1. The van der Waals surface area contributed by atoms with Gasteiger partial charge in [0.15, 0.2) is 11.5 Å². The molecule has 1 atom stereocenters. The SMILES string of the molecule is CC(N=O)c1cccc2c1OC(F)(F)O2. The Morgan fingerprint density at radius 3 is 2.80 bits per heavy atom. The Balaban J connectivity index is 2.46. The van der Waals surface area contributed by atoms with E-state index in [0.29, 0.717) is 5.56 Å². The Morgan fingerprint density at radius 2 is 2.13 bits per heavy atom. The van der Waals surface area contributed by atoms with Crippen LogP contribution in [0, 0.1) is 4.91 Å². The number of nitrogens with zero attached hydrogens (tertiary/aromatic N) is 1. The summed E-state index contributed by atoms with van der Waals surface area (Å²) in [6.45, 7) is 1.49. The maximum Gasteiger partial charge on any atom is 0.586 e. The van der Waals surface area contributed by atoms with E-state index in [2.05, 4.69) is 14.7 Å². The molecule has 0 aromatic heterocycles. The molecule has 1 aliphatic heterocycles. The van der Waals surface area contributed by atoms with Crippen molar-refractivity contribution in [2.75, 3.05) is 0 Å². The van der Waals surface area contributed by atoms with E-state index in [9.17, 15) is 13.7 Å². The second kappa shape index (κ2) is 3.15. The highest BCUT2D eigenvalue weighted by atomic mass is 19.3. The van der Waals surface area contributed by atoms with Crippen molar-refractivity contribution in [3.8, 4) is 11.5 Å². The quantitative estimate of drug-likeness (QED) is 0.712. The molecule has 15 heavy (non-hydrogen) atoms. The molecule has 1 aromatic carbocycles. The lowest BCUT2D eigenvalue weighted by Gasteiger charge is -2.07. The monoisotopic (exact) mass is 215 g/mol.